The number of methoxy groups -OCH3 is 6. The lowest BCUT2D eigenvalue weighted by Crippen LogP contribution is -2.37. The highest BCUT2D eigenvalue weighted by molar-refractivity contribution is 14.0. The van der Waals surface area contributed by atoms with Crippen LogP contribution in [0.1, 0.15) is 11.1 Å². The summed E-state index contributed by atoms with van der Waals surface area (Å²) >= 11 is 0. The summed E-state index contributed by atoms with van der Waals surface area (Å²) in [7, 11) is 11.4. The molecule has 0 spiro atoms. The van der Waals surface area contributed by atoms with Crippen molar-refractivity contribution in [2.24, 2.45) is 4.99 Å². The van der Waals surface area contributed by atoms with Gasteiger partial charge in [0, 0.05) is 37.8 Å². The van der Waals surface area contributed by atoms with E-state index in [0.717, 1.165) is 11.1 Å². The van der Waals surface area contributed by atoms with Crippen molar-refractivity contribution in [2.75, 3.05) is 56.3 Å². The Balaban J connectivity index is 0.00000544. The summed E-state index contributed by atoms with van der Waals surface area (Å²) in [6, 6.07) is 7.48. The summed E-state index contributed by atoms with van der Waals surface area (Å²) in [6.45, 7) is 1.14. The highest BCUT2D eigenvalue weighted by atomic mass is 127. The molecule has 0 aliphatic rings. The van der Waals surface area contributed by atoms with Crippen molar-refractivity contribution in [3.8, 4) is 34.5 Å². The highest BCUT2D eigenvalue weighted by Gasteiger charge is 2.15. The van der Waals surface area contributed by atoms with Gasteiger partial charge in [-0.05, 0) is 24.1 Å². The second-order valence-corrected chi connectivity index (χ2v) is 6.65. The largest absolute Gasteiger partial charge is 0.496 e. The fourth-order valence-corrected chi connectivity index (χ4v) is 3.27. The minimum absolute atomic E-state index is 0. The number of halogens is 1. The fraction of sp³-hybridized carbons (Fsp3) is 0.435. The Morgan fingerprint density at radius 3 is 1.70 bits per heavy atom. The first-order valence-electron chi connectivity index (χ1n) is 10.1. The van der Waals surface area contributed by atoms with Gasteiger partial charge in [-0.25, -0.2) is 0 Å². The zero-order valence-electron chi connectivity index (χ0n) is 20.2. The first-order chi connectivity index (χ1) is 15.5. The van der Waals surface area contributed by atoms with Gasteiger partial charge in [-0.1, -0.05) is 0 Å². The molecule has 2 aromatic rings. The SMILES string of the molecule is CN=C(NCCc1c(OC)cc(OC)cc1OC)NCc1cc(OC)c(OC)c(OC)c1.I. The summed E-state index contributed by atoms with van der Waals surface area (Å²) in [5.74, 6) is 4.52. The van der Waals surface area contributed by atoms with E-state index >= 15 is 0 Å². The molecular formula is C23H34IN3O6. The maximum Gasteiger partial charge on any atom is 0.203 e. The van der Waals surface area contributed by atoms with Gasteiger partial charge in [0.05, 0.1) is 42.7 Å². The van der Waals surface area contributed by atoms with E-state index in [1.54, 1.807) is 49.7 Å². The molecule has 0 atom stereocenters. The van der Waals surface area contributed by atoms with Crippen molar-refractivity contribution in [3.05, 3.63) is 35.4 Å². The number of nitrogens with zero attached hydrogens (tertiary/aromatic N) is 1. The van der Waals surface area contributed by atoms with Crippen molar-refractivity contribution >= 4 is 29.9 Å². The molecule has 0 heterocycles. The van der Waals surface area contributed by atoms with E-state index < -0.39 is 0 Å². The van der Waals surface area contributed by atoms with E-state index in [2.05, 4.69) is 15.6 Å². The monoisotopic (exact) mass is 575 g/mol. The molecule has 0 radical (unpaired) electrons. The summed E-state index contributed by atoms with van der Waals surface area (Å²) in [5.41, 5.74) is 1.91. The number of hydrogen-bond donors (Lipinski definition) is 2. The molecule has 0 bridgehead atoms. The van der Waals surface area contributed by atoms with Crippen LogP contribution in [0.15, 0.2) is 29.3 Å². The van der Waals surface area contributed by atoms with Crippen molar-refractivity contribution in [3.63, 3.8) is 0 Å². The van der Waals surface area contributed by atoms with E-state index in [1.807, 2.05) is 24.3 Å². The number of ether oxygens (including phenoxy) is 6. The Morgan fingerprint density at radius 2 is 1.27 bits per heavy atom. The summed E-state index contributed by atoms with van der Waals surface area (Å²) in [5, 5.41) is 6.60. The first kappa shape index (κ1) is 28.3. The number of nitrogens with one attached hydrogen (secondary N) is 2. The first-order valence-corrected chi connectivity index (χ1v) is 10.1. The van der Waals surface area contributed by atoms with Crippen LogP contribution in [0, 0.1) is 0 Å². The van der Waals surface area contributed by atoms with Crippen molar-refractivity contribution in [1.29, 1.82) is 0 Å². The minimum atomic E-state index is 0. The Bertz CT molecular complexity index is 873. The second-order valence-electron chi connectivity index (χ2n) is 6.65. The molecule has 2 aromatic carbocycles. The van der Waals surface area contributed by atoms with E-state index in [0.29, 0.717) is 60.0 Å². The standard InChI is InChI=1S/C23H33N3O6.HI/c1-24-23(26-14-15-10-20(30-5)22(32-7)21(11-15)31-6)25-9-8-17-18(28-3)12-16(27-2)13-19(17)29-4;/h10-13H,8-9,14H2,1-7H3,(H2,24,25,26);1H. The molecule has 0 aromatic heterocycles. The van der Waals surface area contributed by atoms with Crippen LogP contribution in [0.25, 0.3) is 0 Å². The van der Waals surface area contributed by atoms with Crippen LogP contribution in [0.4, 0.5) is 0 Å². The van der Waals surface area contributed by atoms with Crippen LogP contribution in [0.5, 0.6) is 34.5 Å². The maximum absolute atomic E-state index is 5.51. The summed E-state index contributed by atoms with van der Waals surface area (Å²) < 4.78 is 32.5. The third kappa shape index (κ3) is 7.37. The topological polar surface area (TPSA) is 91.8 Å². The van der Waals surface area contributed by atoms with E-state index in [4.69, 9.17) is 28.4 Å². The predicted octanol–water partition coefficient (Wildman–Crippen LogP) is 3.26. The molecule has 0 aliphatic heterocycles. The Hall–Kier alpha value is -2.76. The van der Waals surface area contributed by atoms with Gasteiger partial charge >= 0.3 is 0 Å². The molecule has 2 N–H and O–H groups in total. The number of rotatable bonds is 11. The third-order valence-corrected chi connectivity index (χ3v) is 4.89. The Kier molecular flexibility index (Phi) is 12.3. The van der Waals surface area contributed by atoms with E-state index in [9.17, 15) is 0 Å². The van der Waals surface area contributed by atoms with Crippen molar-refractivity contribution in [1.82, 2.24) is 10.6 Å². The molecule has 9 nitrogen and oxygen atoms in total. The number of guanidine groups is 1. The smallest absolute Gasteiger partial charge is 0.203 e. The van der Waals surface area contributed by atoms with E-state index in [1.165, 1.54) is 0 Å². The highest BCUT2D eigenvalue weighted by Crippen LogP contribution is 2.38. The molecule has 10 heteroatoms. The van der Waals surface area contributed by atoms with Crippen LogP contribution < -0.4 is 39.1 Å². The summed E-state index contributed by atoms with van der Waals surface area (Å²) in [6.07, 6.45) is 0.668. The van der Waals surface area contributed by atoms with E-state index in [-0.39, 0.29) is 24.0 Å². The number of aliphatic imine (C=N–C) groups is 1. The molecule has 0 amide bonds. The predicted molar refractivity (Wildman–Crippen MR) is 140 cm³/mol. The van der Waals surface area contributed by atoms with Gasteiger partial charge < -0.3 is 39.1 Å². The molecule has 33 heavy (non-hydrogen) atoms. The fourth-order valence-electron chi connectivity index (χ4n) is 3.27. The van der Waals surface area contributed by atoms with Gasteiger partial charge in [0.2, 0.25) is 5.75 Å². The molecule has 0 unspecified atom stereocenters. The average molecular weight is 575 g/mol. The molecule has 0 saturated carbocycles. The lowest BCUT2D eigenvalue weighted by Gasteiger charge is -2.17. The number of benzene rings is 2. The maximum atomic E-state index is 5.51. The van der Waals surface area contributed by atoms with Crippen LogP contribution in [-0.2, 0) is 13.0 Å². The number of hydrogen-bond acceptors (Lipinski definition) is 7. The lowest BCUT2D eigenvalue weighted by molar-refractivity contribution is 0.323. The molecule has 184 valence electrons. The van der Waals surface area contributed by atoms with Crippen molar-refractivity contribution < 1.29 is 28.4 Å². The van der Waals surface area contributed by atoms with Crippen molar-refractivity contribution in [2.45, 2.75) is 13.0 Å². The molecule has 0 saturated heterocycles. The van der Waals surface area contributed by atoms with Gasteiger partial charge in [-0.3, -0.25) is 4.99 Å². The van der Waals surface area contributed by atoms with Crippen LogP contribution in [0.2, 0.25) is 0 Å². The quantitative estimate of drug-likeness (QED) is 0.240. The molecular weight excluding hydrogens is 541 g/mol. The lowest BCUT2D eigenvalue weighted by atomic mass is 10.1. The molecule has 2 rings (SSSR count). The summed E-state index contributed by atoms with van der Waals surface area (Å²) in [4.78, 5) is 4.29. The third-order valence-electron chi connectivity index (χ3n) is 4.89. The van der Waals surface area contributed by atoms with Gasteiger partial charge in [0.15, 0.2) is 17.5 Å². The van der Waals surface area contributed by atoms with Gasteiger partial charge in [-0.2, -0.15) is 0 Å². The molecule has 0 aliphatic carbocycles. The normalized spacial score (nSPS) is 10.6. The second kappa shape index (κ2) is 14.4. The van der Waals surface area contributed by atoms with Crippen LogP contribution in [-0.4, -0.2) is 62.2 Å². The average Bonchev–Trinajstić information content (AvgIpc) is 2.84. The van der Waals surface area contributed by atoms with Gasteiger partial charge in [0.1, 0.15) is 17.2 Å². The Morgan fingerprint density at radius 1 is 0.727 bits per heavy atom. The van der Waals surface area contributed by atoms with Gasteiger partial charge in [-0.15, -0.1) is 24.0 Å². The zero-order valence-corrected chi connectivity index (χ0v) is 22.6. The zero-order chi connectivity index (χ0) is 23.5. The minimum Gasteiger partial charge on any atom is -0.496 e. The van der Waals surface area contributed by atoms with Crippen LogP contribution >= 0.6 is 24.0 Å². The Labute approximate surface area is 212 Å². The molecule has 0 fully saturated rings. The van der Waals surface area contributed by atoms with Gasteiger partial charge in [0.25, 0.3) is 0 Å². The van der Waals surface area contributed by atoms with Crippen LogP contribution in [0.3, 0.4) is 0 Å².